The molecule has 0 radical (unpaired) electrons. The van der Waals surface area contributed by atoms with Gasteiger partial charge in [-0.1, -0.05) is 41.5 Å². The number of imidazole rings is 1. The molecular formula is C53H65N5O7. The molecule has 2 aromatic carbocycles. The number of aliphatic imine (C=N–C) groups is 1. The molecule has 7 unspecified atom stereocenters. The van der Waals surface area contributed by atoms with Crippen molar-refractivity contribution in [3.63, 3.8) is 0 Å². The Bertz CT molecular complexity index is 2640. The van der Waals surface area contributed by atoms with E-state index < -0.39 is 40.2 Å². The van der Waals surface area contributed by atoms with Crippen molar-refractivity contribution in [1.29, 1.82) is 0 Å². The van der Waals surface area contributed by atoms with Gasteiger partial charge in [-0.2, -0.15) is 0 Å². The standard InChI is InChI=1S/C53H65N5O7/c1-31(2)14-13-21-51(8)22-20-35-44(63-51)34(18-17-32(3)4)46-40(45(35)62-29-28-57-26-24-56(9)25-27-57)42-41-43(58-38-16-12-11-15-37(38)54-49(58)55-42)36-30-39-50(6,7)65-52(47(36)59,53(39,41)64-46)23-19-33(5)48(60)61-10/h11-12,14-17,19-20,22,36,39,41,43H,13,18,21,23-30H2,1-10H3. The number of ketones is 1. The number of likely N-dealkylation sites (N-methyl/N-ethyl adjacent to an activating group) is 1. The van der Waals surface area contributed by atoms with E-state index in [0.29, 0.717) is 42.5 Å². The third kappa shape index (κ3) is 6.70. The maximum absolute atomic E-state index is 15.9. The highest BCUT2D eigenvalue weighted by molar-refractivity contribution is 6.15. The van der Waals surface area contributed by atoms with Gasteiger partial charge < -0.3 is 33.2 Å². The number of hydrogen-bond acceptors (Lipinski definition) is 11. The zero-order valence-electron chi connectivity index (χ0n) is 39.9. The van der Waals surface area contributed by atoms with E-state index >= 15 is 4.79 Å². The van der Waals surface area contributed by atoms with E-state index in [1.54, 1.807) is 6.92 Å². The number of aromatic nitrogens is 2. The number of nitrogens with zero attached hydrogens (tertiary/aromatic N) is 5. The van der Waals surface area contributed by atoms with Crippen molar-refractivity contribution in [3.05, 3.63) is 82.0 Å². The minimum absolute atomic E-state index is 0.0126. The molecule has 8 aliphatic rings. The van der Waals surface area contributed by atoms with E-state index in [4.69, 9.17) is 33.7 Å². The number of para-hydroxylation sites is 2. The van der Waals surface area contributed by atoms with Gasteiger partial charge in [-0.05, 0) is 112 Å². The second kappa shape index (κ2) is 15.8. The van der Waals surface area contributed by atoms with Gasteiger partial charge in [-0.3, -0.25) is 9.69 Å². The number of piperazine rings is 1. The summed E-state index contributed by atoms with van der Waals surface area (Å²) in [6.45, 7) is 21.7. The van der Waals surface area contributed by atoms with Gasteiger partial charge in [-0.25, -0.2) is 14.8 Å². The minimum Gasteiger partial charge on any atom is -0.491 e. The Morgan fingerprint density at radius 3 is 2.46 bits per heavy atom. The number of methoxy groups -OCH3 is 1. The zero-order chi connectivity index (χ0) is 45.8. The lowest BCUT2D eigenvalue weighted by Crippen LogP contribution is -2.79. The summed E-state index contributed by atoms with van der Waals surface area (Å²) in [4.78, 5) is 44.5. The van der Waals surface area contributed by atoms with Crippen LogP contribution in [0.4, 0.5) is 5.95 Å². The molecule has 11 rings (SSSR count). The molecular weight excluding hydrogens is 819 g/mol. The number of carbonyl (C=O) groups excluding carboxylic acids is 2. The Morgan fingerprint density at radius 1 is 0.969 bits per heavy atom. The first-order chi connectivity index (χ1) is 31.0. The Morgan fingerprint density at radius 2 is 1.72 bits per heavy atom. The first kappa shape index (κ1) is 43.8. The first-order valence-electron chi connectivity index (χ1n) is 23.7. The Hall–Kier alpha value is -5.04. The van der Waals surface area contributed by atoms with Gasteiger partial charge in [0.2, 0.25) is 5.95 Å². The molecule has 12 nitrogen and oxygen atoms in total. The highest BCUT2D eigenvalue weighted by Gasteiger charge is 2.85. The van der Waals surface area contributed by atoms with Gasteiger partial charge in [-0.15, -0.1) is 0 Å². The van der Waals surface area contributed by atoms with Crippen molar-refractivity contribution in [2.24, 2.45) is 22.7 Å². The average molecular weight is 884 g/mol. The van der Waals surface area contributed by atoms with Crippen LogP contribution in [0.3, 0.4) is 0 Å². The SMILES string of the molecule is COC(=O)C(C)=CCC12OC(C)(C)C3CC(C1=O)C1C4C(=Nc5nc6ccccc6n51)c1c(OCCN5CCN(C)CC5)c5c(c(CC=C(C)C)c1OC432)OC(C)(CCC=C(C)C)C=C5. The van der Waals surface area contributed by atoms with Crippen molar-refractivity contribution in [1.82, 2.24) is 19.4 Å². The fourth-order valence-electron chi connectivity index (χ4n) is 12.4. The third-order valence-electron chi connectivity index (χ3n) is 15.6. The van der Waals surface area contributed by atoms with Crippen LogP contribution < -0.4 is 14.2 Å². The molecule has 6 heterocycles. The van der Waals surface area contributed by atoms with Gasteiger partial charge in [0.15, 0.2) is 17.0 Å². The van der Waals surface area contributed by atoms with Crippen LogP contribution in [0, 0.1) is 17.8 Å². The monoisotopic (exact) mass is 883 g/mol. The number of hydrogen-bond donors (Lipinski definition) is 0. The maximum Gasteiger partial charge on any atom is 0.333 e. The molecule has 5 aliphatic heterocycles. The highest BCUT2D eigenvalue weighted by atomic mass is 16.6. The summed E-state index contributed by atoms with van der Waals surface area (Å²) in [6.07, 6.45) is 13.6. The molecule has 2 saturated heterocycles. The molecule has 3 saturated carbocycles. The van der Waals surface area contributed by atoms with Crippen molar-refractivity contribution < 1.29 is 33.3 Å². The number of allylic oxidation sites excluding steroid dienone is 4. The number of Topliss-reactive ketones (excluding diaryl/α,β-unsaturated/α-hetero) is 1. The maximum atomic E-state index is 15.9. The molecule has 12 heteroatoms. The Kier molecular flexibility index (Phi) is 10.7. The molecule has 65 heavy (non-hydrogen) atoms. The average Bonchev–Trinajstić information content (AvgIpc) is 3.71. The fourth-order valence-corrected chi connectivity index (χ4v) is 12.4. The summed E-state index contributed by atoms with van der Waals surface area (Å²) >= 11 is 0. The quantitative estimate of drug-likeness (QED) is 0.0993. The summed E-state index contributed by atoms with van der Waals surface area (Å²) in [7, 11) is 3.55. The topological polar surface area (TPSA) is 117 Å². The second-order valence-electron chi connectivity index (χ2n) is 20.8. The normalized spacial score (nSPS) is 30.3. The van der Waals surface area contributed by atoms with Crippen LogP contribution in [0.25, 0.3) is 17.1 Å². The van der Waals surface area contributed by atoms with Crippen molar-refractivity contribution >= 4 is 40.5 Å². The number of rotatable bonds is 12. The lowest BCUT2D eigenvalue weighted by molar-refractivity contribution is -0.206. The summed E-state index contributed by atoms with van der Waals surface area (Å²) in [5.41, 5.74) is 3.88. The molecule has 1 spiro atoms. The summed E-state index contributed by atoms with van der Waals surface area (Å²) < 4.78 is 37.3. The number of esters is 1. The highest BCUT2D eigenvalue weighted by Crippen LogP contribution is 2.74. The first-order valence-corrected chi connectivity index (χ1v) is 23.7. The second-order valence-corrected chi connectivity index (χ2v) is 20.8. The van der Waals surface area contributed by atoms with E-state index in [0.717, 1.165) is 90.3 Å². The molecule has 0 N–H and O–H groups in total. The summed E-state index contributed by atoms with van der Waals surface area (Å²) in [6, 6.07) is 7.75. The van der Waals surface area contributed by atoms with Gasteiger partial charge in [0, 0.05) is 62.1 Å². The van der Waals surface area contributed by atoms with E-state index in [2.05, 4.69) is 100 Å². The van der Waals surface area contributed by atoms with Crippen LogP contribution in [0.2, 0.25) is 0 Å². The zero-order valence-corrected chi connectivity index (χ0v) is 39.9. The Balaban J connectivity index is 1.25. The van der Waals surface area contributed by atoms with Gasteiger partial charge in [0.25, 0.3) is 0 Å². The molecule has 3 aliphatic carbocycles. The number of ether oxygens (including phenoxy) is 5. The molecule has 4 bridgehead atoms. The van der Waals surface area contributed by atoms with E-state index in [9.17, 15) is 4.79 Å². The predicted molar refractivity (Wildman–Crippen MR) is 252 cm³/mol. The van der Waals surface area contributed by atoms with E-state index in [1.165, 1.54) is 12.7 Å². The number of benzene rings is 2. The molecule has 5 fully saturated rings. The Labute approximate surface area is 383 Å². The van der Waals surface area contributed by atoms with E-state index in [1.807, 2.05) is 24.3 Å². The van der Waals surface area contributed by atoms with Crippen LogP contribution in [0.5, 0.6) is 17.2 Å². The minimum atomic E-state index is -1.46. The number of fused-ring (bicyclic) bond motifs is 6. The molecule has 3 aromatic rings. The van der Waals surface area contributed by atoms with Crippen LogP contribution in [0.1, 0.15) is 104 Å². The predicted octanol–water partition coefficient (Wildman–Crippen LogP) is 8.78. The van der Waals surface area contributed by atoms with Crippen LogP contribution in [0.15, 0.2) is 70.3 Å². The largest absolute Gasteiger partial charge is 0.491 e. The number of carbonyl (C=O) groups is 2. The molecule has 0 amide bonds. The smallest absolute Gasteiger partial charge is 0.333 e. The van der Waals surface area contributed by atoms with Gasteiger partial charge >= 0.3 is 5.97 Å². The molecule has 344 valence electrons. The summed E-state index contributed by atoms with van der Waals surface area (Å²) in [5, 5.41) is 0. The molecule has 1 aromatic heterocycles. The fraction of sp³-hybridized carbons (Fsp3) is 0.547. The van der Waals surface area contributed by atoms with Crippen molar-refractivity contribution in [3.8, 4) is 17.2 Å². The van der Waals surface area contributed by atoms with E-state index in [-0.39, 0.29) is 24.2 Å². The van der Waals surface area contributed by atoms with Crippen molar-refractivity contribution in [2.75, 3.05) is 53.5 Å². The van der Waals surface area contributed by atoms with Crippen LogP contribution in [-0.4, -0.2) is 113 Å². The lowest BCUT2D eigenvalue weighted by atomic mass is 9.44. The van der Waals surface area contributed by atoms with Gasteiger partial charge in [0.05, 0.1) is 52.5 Å². The summed E-state index contributed by atoms with van der Waals surface area (Å²) in [5.74, 6) is 1.04. The van der Waals surface area contributed by atoms with Crippen LogP contribution in [-0.2, 0) is 25.5 Å². The van der Waals surface area contributed by atoms with Crippen molar-refractivity contribution in [2.45, 2.75) is 116 Å². The third-order valence-corrected chi connectivity index (χ3v) is 15.6. The molecule has 7 atom stereocenters. The lowest BCUT2D eigenvalue weighted by Gasteiger charge is -2.64. The van der Waals surface area contributed by atoms with Gasteiger partial charge in [0.1, 0.15) is 29.5 Å². The van der Waals surface area contributed by atoms with Crippen LogP contribution >= 0.6 is 0 Å².